The Kier molecular flexibility index (Phi) is 28.2. The summed E-state index contributed by atoms with van der Waals surface area (Å²) in [6, 6.07) is 0. The van der Waals surface area contributed by atoms with E-state index in [-0.39, 0.29) is 58.9 Å². The topological polar surface area (TPSA) is 0 Å². The molecular formula is C7H12Cl3Ti-. The summed E-state index contributed by atoms with van der Waals surface area (Å²) >= 11 is 0. The summed E-state index contributed by atoms with van der Waals surface area (Å²) < 4.78 is 0. The smallest absolute Gasteiger partial charge is 0 e. The molecule has 0 radical (unpaired) electrons. The van der Waals surface area contributed by atoms with Crippen LogP contribution in [-0.2, 0) is 21.7 Å². The van der Waals surface area contributed by atoms with E-state index < -0.39 is 0 Å². The normalized spacial score (nSPS) is 11.2. The van der Waals surface area contributed by atoms with Crippen LogP contribution in [-0.4, -0.2) is 0 Å². The van der Waals surface area contributed by atoms with Crippen LogP contribution in [0.3, 0.4) is 0 Å². The van der Waals surface area contributed by atoms with Crippen molar-refractivity contribution in [2.75, 3.05) is 0 Å². The Balaban J connectivity index is -0.0000000612. The first kappa shape index (κ1) is 22.7. The fraction of sp³-hybridized carbons (Fsp3) is 0.429. The Bertz CT molecular complexity index is 121. The standard InChI is InChI=1S/C7H9.3ClH.Ti/c1-2-7-5-3-4-6-7;;;;/h3,5H,2,4H2,1H3;3*1H;/q-1;;;;. The number of rotatable bonds is 1. The summed E-state index contributed by atoms with van der Waals surface area (Å²) in [5.74, 6) is 0. The van der Waals surface area contributed by atoms with Gasteiger partial charge in [0.2, 0.25) is 0 Å². The van der Waals surface area contributed by atoms with Gasteiger partial charge in [0, 0.05) is 21.7 Å². The van der Waals surface area contributed by atoms with Gasteiger partial charge in [-0.15, -0.1) is 43.6 Å². The van der Waals surface area contributed by atoms with Gasteiger partial charge in [0.1, 0.15) is 0 Å². The van der Waals surface area contributed by atoms with Crippen LogP contribution in [0.2, 0.25) is 0 Å². The molecule has 0 fully saturated rings. The van der Waals surface area contributed by atoms with Crippen molar-refractivity contribution < 1.29 is 21.7 Å². The number of halogens is 3. The monoisotopic (exact) mass is 249 g/mol. The van der Waals surface area contributed by atoms with Gasteiger partial charge in [-0.3, -0.25) is 6.08 Å². The summed E-state index contributed by atoms with van der Waals surface area (Å²) in [7, 11) is 0. The fourth-order valence-corrected chi connectivity index (χ4v) is 0.693. The van der Waals surface area contributed by atoms with Crippen molar-refractivity contribution in [3.63, 3.8) is 0 Å². The second-order valence-corrected chi connectivity index (χ2v) is 1.66. The molecule has 11 heavy (non-hydrogen) atoms. The fourth-order valence-electron chi connectivity index (χ4n) is 0.693. The Labute approximate surface area is 102 Å². The first-order chi connectivity index (χ1) is 3.43. The van der Waals surface area contributed by atoms with Crippen molar-refractivity contribution in [3.05, 3.63) is 23.8 Å². The van der Waals surface area contributed by atoms with Crippen LogP contribution in [0.1, 0.15) is 19.8 Å². The zero-order valence-corrected chi connectivity index (χ0v) is 10.3. The van der Waals surface area contributed by atoms with Gasteiger partial charge in [-0.2, -0.15) is 6.08 Å². The molecular weight excluding hydrogens is 238 g/mol. The van der Waals surface area contributed by atoms with E-state index >= 15 is 0 Å². The van der Waals surface area contributed by atoms with Gasteiger partial charge in [0.05, 0.1) is 0 Å². The van der Waals surface area contributed by atoms with Crippen molar-refractivity contribution in [2.24, 2.45) is 0 Å². The largest absolute Gasteiger partial charge is 0.270 e. The maximum atomic E-state index is 3.21. The van der Waals surface area contributed by atoms with Crippen molar-refractivity contribution in [1.82, 2.24) is 0 Å². The molecule has 0 N–H and O–H groups in total. The first-order valence-electron chi connectivity index (χ1n) is 2.69. The van der Waals surface area contributed by atoms with E-state index in [0.717, 1.165) is 12.8 Å². The first-order valence-corrected chi connectivity index (χ1v) is 2.69. The molecule has 0 bridgehead atoms. The van der Waals surface area contributed by atoms with E-state index in [1.807, 2.05) is 0 Å². The van der Waals surface area contributed by atoms with Crippen LogP contribution < -0.4 is 0 Å². The third-order valence-electron chi connectivity index (χ3n) is 1.15. The molecule has 1 aliphatic rings. The molecule has 4 heteroatoms. The van der Waals surface area contributed by atoms with Crippen molar-refractivity contribution in [2.45, 2.75) is 19.8 Å². The molecule has 0 heterocycles. The average molecular weight is 250 g/mol. The van der Waals surface area contributed by atoms with Gasteiger partial charge >= 0.3 is 0 Å². The third kappa shape index (κ3) is 8.97. The number of hydrogen-bond donors (Lipinski definition) is 0. The van der Waals surface area contributed by atoms with Gasteiger partial charge in [-0.25, -0.2) is 11.6 Å². The predicted molar refractivity (Wildman–Crippen MR) is 52.5 cm³/mol. The molecule has 0 saturated carbocycles. The molecule has 0 aromatic heterocycles. The molecule has 0 aromatic carbocycles. The summed E-state index contributed by atoms with van der Waals surface area (Å²) in [6.07, 6.45) is 9.65. The molecule has 66 valence electrons. The van der Waals surface area contributed by atoms with Gasteiger partial charge in [0.25, 0.3) is 0 Å². The van der Waals surface area contributed by atoms with Crippen LogP contribution in [0.25, 0.3) is 0 Å². The molecule has 0 spiro atoms. The van der Waals surface area contributed by atoms with Crippen molar-refractivity contribution >= 4 is 37.2 Å². The van der Waals surface area contributed by atoms with E-state index in [0.29, 0.717) is 0 Å². The molecule has 0 saturated heterocycles. The Morgan fingerprint density at radius 1 is 1.36 bits per heavy atom. The van der Waals surface area contributed by atoms with E-state index in [9.17, 15) is 0 Å². The zero-order chi connectivity index (χ0) is 5.11. The summed E-state index contributed by atoms with van der Waals surface area (Å²) in [4.78, 5) is 0. The molecule has 0 atom stereocenters. The van der Waals surface area contributed by atoms with Crippen molar-refractivity contribution in [3.8, 4) is 0 Å². The Morgan fingerprint density at radius 2 is 1.91 bits per heavy atom. The second-order valence-electron chi connectivity index (χ2n) is 1.66. The van der Waals surface area contributed by atoms with Crippen LogP contribution in [0.4, 0.5) is 0 Å². The summed E-state index contributed by atoms with van der Waals surface area (Å²) in [6.45, 7) is 2.15. The minimum atomic E-state index is 0. The van der Waals surface area contributed by atoms with E-state index in [4.69, 9.17) is 0 Å². The third-order valence-corrected chi connectivity index (χ3v) is 1.15. The van der Waals surface area contributed by atoms with Gasteiger partial charge in [-0.1, -0.05) is 13.3 Å². The van der Waals surface area contributed by atoms with Gasteiger partial charge in [-0.05, 0) is 0 Å². The van der Waals surface area contributed by atoms with Crippen LogP contribution in [0, 0.1) is 6.08 Å². The molecule has 0 aromatic rings. The SMILES string of the molecule is CCC1=[C-]CC=C1.Cl.Cl.Cl.[Ti]. The molecule has 0 unspecified atom stereocenters. The molecule has 0 amide bonds. The zero-order valence-electron chi connectivity index (χ0n) is 6.29. The van der Waals surface area contributed by atoms with E-state index in [2.05, 4.69) is 25.2 Å². The maximum Gasteiger partial charge on any atom is 0 e. The number of allylic oxidation sites excluding steroid dienone is 4. The van der Waals surface area contributed by atoms with Gasteiger partial charge in [0.15, 0.2) is 0 Å². The van der Waals surface area contributed by atoms with Gasteiger partial charge < -0.3 is 0 Å². The molecule has 1 aliphatic carbocycles. The molecule has 1 rings (SSSR count). The Hall–Kier alpha value is 1.06. The van der Waals surface area contributed by atoms with Crippen LogP contribution in [0.15, 0.2) is 17.7 Å². The molecule has 0 aliphatic heterocycles. The number of hydrogen-bond acceptors (Lipinski definition) is 0. The Morgan fingerprint density at radius 3 is 2.09 bits per heavy atom. The van der Waals surface area contributed by atoms with Crippen LogP contribution >= 0.6 is 37.2 Å². The second kappa shape index (κ2) is 13.6. The minimum absolute atomic E-state index is 0. The maximum absolute atomic E-state index is 3.21. The molecule has 0 nitrogen and oxygen atoms in total. The average Bonchev–Trinajstić information content (AvgIpc) is 2.14. The summed E-state index contributed by atoms with van der Waals surface area (Å²) in [5.41, 5.74) is 1.36. The van der Waals surface area contributed by atoms with Crippen LogP contribution in [0.5, 0.6) is 0 Å². The predicted octanol–water partition coefficient (Wildman–Crippen LogP) is 3.35. The quantitative estimate of drug-likeness (QED) is 0.494. The van der Waals surface area contributed by atoms with E-state index in [1.165, 1.54) is 5.57 Å². The van der Waals surface area contributed by atoms with Crippen molar-refractivity contribution in [1.29, 1.82) is 0 Å². The minimum Gasteiger partial charge on any atom is -0.270 e. The summed E-state index contributed by atoms with van der Waals surface area (Å²) in [5, 5.41) is 0. The van der Waals surface area contributed by atoms with E-state index in [1.54, 1.807) is 0 Å².